The highest BCUT2D eigenvalue weighted by atomic mass is 32.2. The van der Waals surface area contributed by atoms with Gasteiger partial charge in [0.15, 0.2) is 5.03 Å². The van der Waals surface area contributed by atoms with Crippen LogP contribution in [0.2, 0.25) is 0 Å². The number of benzene rings is 1. The summed E-state index contributed by atoms with van der Waals surface area (Å²) in [6, 6.07) is 10.5. The van der Waals surface area contributed by atoms with E-state index in [9.17, 15) is 18.3 Å². The quantitative estimate of drug-likeness (QED) is 0.565. The van der Waals surface area contributed by atoms with Gasteiger partial charge in [0.05, 0.1) is 37.0 Å². The molecule has 5 rings (SSSR count). The smallest absolute Gasteiger partial charge is 0.309 e. The van der Waals surface area contributed by atoms with E-state index in [0.717, 1.165) is 30.2 Å². The second-order valence-corrected chi connectivity index (χ2v) is 10.6. The second kappa shape index (κ2) is 8.42. The van der Waals surface area contributed by atoms with Gasteiger partial charge < -0.3 is 9.84 Å². The number of para-hydroxylation sites is 1. The Bertz CT molecular complexity index is 1280. The summed E-state index contributed by atoms with van der Waals surface area (Å²) in [6.45, 7) is 0.670. The van der Waals surface area contributed by atoms with Crippen LogP contribution in [0.3, 0.4) is 0 Å². The zero-order chi connectivity index (χ0) is 23.2. The first-order chi connectivity index (χ1) is 15.9. The van der Waals surface area contributed by atoms with Gasteiger partial charge in [-0.05, 0) is 30.0 Å². The van der Waals surface area contributed by atoms with E-state index in [4.69, 9.17) is 9.84 Å². The molecule has 3 heterocycles. The van der Waals surface area contributed by atoms with E-state index in [1.54, 1.807) is 6.07 Å². The minimum absolute atomic E-state index is 0.00630. The van der Waals surface area contributed by atoms with Crippen LogP contribution < -0.4 is 4.74 Å². The van der Waals surface area contributed by atoms with Gasteiger partial charge in [-0.15, -0.1) is 0 Å². The molecule has 0 bridgehead atoms. The van der Waals surface area contributed by atoms with Gasteiger partial charge in [-0.1, -0.05) is 37.5 Å². The third kappa shape index (κ3) is 3.87. The van der Waals surface area contributed by atoms with Crippen LogP contribution in [0.4, 0.5) is 0 Å². The SMILES string of the molecule is COc1ccc(S(=O)(=O)N2CC(C3CCC3)[C@@H](n3nc(CC(=O)O)c4ccccc43)C2)nc1. The van der Waals surface area contributed by atoms with Crippen LogP contribution in [-0.2, 0) is 21.2 Å². The third-order valence-corrected chi connectivity index (χ3v) is 8.67. The van der Waals surface area contributed by atoms with Crippen molar-refractivity contribution in [2.45, 2.75) is 36.8 Å². The van der Waals surface area contributed by atoms with Crippen molar-refractivity contribution in [1.82, 2.24) is 19.1 Å². The largest absolute Gasteiger partial charge is 0.495 e. The summed E-state index contributed by atoms with van der Waals surface area (Å²) in [6.07, 6.45) is 4.51. The number of nitrogens with zero attached hydrogens (tertiary/aromatic N) is 4. The Hall–Kier alpha value is -2.98. The molecule has 3 aromatic rings. The number of hydrogen-bond donors (Lipinski definition) is 1. The molecule has 2 aliphatic rings. The van der Waals surface area contributed by atoms with Crippen molar-refractivity contribution >= 4 is 26.9 Å². The van der Waals surface area contributed by atoms with Crippen LogP contribution in [-0.4, -0.2) is 58.8 Å². The third-order valence-electron chi connectivity index (χ3n) is 6.93. The average Bonchev–Trinajstić information content (AvgIpc) is 3.35. The van der Waals surface area contributed by atoms with E-state index in [2.05, 4.69) is 4.98 Å². The summed E-state index contributed by atoms with van der Waals surface area (Å²) in [5, 5.41) is 14.8. The normalized spacial score (nSPS) is 21.8. The van der Waals surface area contributed by atoms with Crippen molar-refractivity contribution in [3.63, 3.8) is 0 Å². The molecule has 0 amide bonds. The van der Waals surface area contributed by atoms with Gasteiger partial charge in [0, 0.05) is 18.5 Å². The summed E-state index contributed by atoms with van der Waals surface area (Å²) >= 11 is 0. The first-order valence-electron chi connectivity index (χ1n) is 11.1. The maximum atomic E-state index is 13.4. The number of ether oxygens (including phenoxy) is 1. The van der Waals surface area contributed by atoms with Crippen molar-refractivity contribution in [3.05, 3.63) is 48.3 Å². The minimum Gasteiger partial charge on any atom is -0.495 e. The predicted molar refractivity (Wildman–Crippen MR) is 120 cm³/mol. The first kappa shape index (κ1) is 21.8. The minimum atomic E-state index is -3.79. The molecule has 2 aromatic heterocycles. The Morgan fingerprint density at radius 1 is 1.18 bits per heavy atom. The van der Waals surface area contributed by atoms with Gasteiger partial charge in [-0.2, -0.15) is 9.40 Å². The van der Waals surface area contributed by atoms with E-state index in [1.807, 2.05) is 28.9 Å². The summed E-state index contributed by atoms with van der Waals surface area (Å²) in [7, 11) is -2.28. The highest BCUT2D eigenvalue weighted by Crippen LogP contribution is 2.45. The van der Waals surface area contributed by atoms with Gasteiger partial charge in [0.1, 0.15) is 5.75 Å². The number of aromatic nitrogens is 3. The van der Waals surface area contributed by atoms with Gasteiger partial charge in [0.25, 0.3) is 10.0 Å². The molecule has 1 saturated heterocycles. The van der Waals surface area contributed by atoms with Gasteiger partial charge in [-0.25, -0.2) is 13.4 Å². The fourth-order valence-corrected chi connectivity index (χ4v) is 6.42. The Morgan fingerprint density at radius 2 is 1.97 bits per heavy atom. The molecule has 174 valence electrons. The number of carboxylic acids is 1. The van der Waals surface area contributed by atoms with Crippen LogP contribution in [0.15, 0.2) is 47.6 Å². The fraction of sp³-hybridized carbons (Fsp3) is 0.435. The van der Waals surface area contributed by atoms with Gasteiger partial charge >= 0.3 is 5.97 Å². The van der Waals surface area contributed by atoms with Crippen LogP contribution in [0.1, 0.15) is 31.0 Å². The van der Waals surface area contributed by atoms with E-state index < -0.39 is 16.0 Å². The van der Waals surface area contributed by atoms with Crippen molar-refractivity contribution < 1.29 is 23.1 Å². The zero-order valence-corrected chi connectivity index (χ0v) is 19.1. The topological polar surface area (TPSA) is 115 Å². The van der Waals surface area contributed by atoms with Crippen molar-refractivity contribution in [2.24, 2.45) is 11.8 Å². The molecule has 1 aliphatic carbocycles. The van der Waals surface area contributed by atoms with Gasteiger partial charge in [0.2, 0.25) is 0 Å². The number of aliphatic carboxylic acids is 1. The number of carbonyl (C=O) groups is 1. The van der Waals surface area contributed by atoms with E-state index in [1.165, 1.54) is 23.7 Å². The van der Waals surface area contributed by atoms with Crippen molar-refractivity contribution in [3.8, 4) is 5.75 Å². The van der Waals surface area contributed by atoms with E-state index in [-0.39, 0.29) is 30.0 Å². The standard InChI is InChI=1S/C23H26N4O5S/c1-32-16-9-10-22(24-12-16)33(30,31)26-13-18(15-5-4-6-15)21(14-26)27-20-8-3-2-7-17(20)19(25-27)11-23(28)29/h2-3,7-10,12,15,18,21H,4-6,11,13-14H2,1H3,(H,28,29)/t18?,21-/m0/s1. The number of pyridine rings is 1. The van der Waals surface area contributed by atoms with E-state index in [0.29, 0.717) is 23.9 Å². The van der Waals surface area contributed by atoms with Crippen LogP contribution >= 0.6 is 0 Å². The monoisotopic (exact) mass is 470 g/mol. The molecule has 1 aromatic carbocycles. The van der Waals surface area contributed by atoms with Crippen molar-refractivity contribution in [2.75, 3.05) is 20.2 Å². The second-order valence-electron chi connectivity index (χ2n) is 8.76. The Labute approximate surface area is 192 Å². The highest BCUT2D eigenvalue weighted by molar-refractivity contribution is 7.89. The molecule has 1 aliphatic heterocycles. The average molecular weight is 471 g/mol. The Balaban J connectivity index is 1.53. The molecule has 1 N–H and O–H groups in total. The van der Waals surface area contributed by atoms with Crippen LogP contribution in [0.5, 0.6) is 5.75 Å². The predicted octanol–water partition coefficient (Wildman–Crippen LogP) is 2.73. The lowest BCUT2D eigenvalue weighted by atomic mass is 9.74. The number of hydrogen-bond acceptors (Lipinski definition) is 6. The molecule has 33 heavy (non-hydrogen) atoms. The van der Waals surface area contributed by atoms with Crippen LogP contribution in [0, 0.1) is 11.8 Å². The van der Waals surface area contributed by atoms with Crippen LogP contribution in [0.25, 0.3) is 10.9 Å². The lowest BCUT2D eigenvalue weighted by Gasteiger charge is -2.34. The Morgan fingerprint density at radius 3 is 2.61 bits per heavy atom. The molecule has 0 radical (unpaired) electrons. The number of carboxylic acid groups (broad SMARTS) is 1. The number of rotatable bonds is 7. The zero-order valence-electron chi connectivity index (χ0n) is 18.3. The molecule has 0 spiro atoms. The summed E-state index contributed by atoms with van der Waals surface area (Å²) in [4.78, 5) is 15.5. The molecule has 2 fully saturated rings. The summed E-state index contributed by atoms with van der Waals surface area (Å²) in [5.74, 6) is 0.0781. The molecular formula is C23H26N4O5S. The molecule has 1 unspecified atom stereocenters. The molecule has 10 heteroatoms. The number of sulfonamides is 1. The van der Waals surface area contributed by atoms with E-state index >= 15 is 0 Å². The maximum Gasteiger partial charge on any atom is 0.309 e. The molecule has 9 nitrogen and oxygen atoms in total. The first-order valence-corrected chi connectivity index (χ1v) is 12.5. The number of fused-ring (bicyclic) bond motifs is 1. The van der Waals surface area contributed by atoms with Gasteiger partial charge in [-0.3, -0.25) is 9.48 Å². The molecule has 2 atom stereocenters. The molecule has 1 saturated carbocycles. The lowest BCUT2D eigenvalue weighted by molar-refractivity contribution is -0.136. The number of methoxy groups -OCH3 is 1. The highest BCUT2D eigenvalue weighted by Gasteiger charge is 2.46. The summed E-state index contributed by atoms with van der Waals surface area (Å²) < 4.78 is 35.3. The fourth-order valence-electron chi connectivity index (χ4n) is 5.02. The lowest BCUT2D eigenvalue weighted by Crippen LogP contribution is -2.31. The Kier molecular flexibility index (Phi) is 5.57. The maximum absolute atomic E-state index is 13.4. The summed E-state index contributed by atoms with van der Waals surface area (Å²) in [5.41, 5.74) is 1.34. The molecular weight excluding hydrogens is 444 g/mol. The van der Waals surface area contributed by atoms with Crippen molar-refractivity contribution in [1.29, 1.82) is 0 Å².